The van der Waals surface area contributed by atoms with Gasteiger partial charge >= 0.3 is 12.1 Å². The maximum Gasteiger partial charge on any atom is 0.417 e. The summed E-state index contributed by atoms with van der Waals surface area (Å²) in [7, 11) is 0. The van der Waals surface area contributed by atoms with Crippen LogP contribution in [0.25, 0.3) is 0 Å². The molecule has 0 saturated heterocycles. The molecule has 3 aromatic carbocycles. The molecule has 1 aliphatic rings. The highest BCUT2D eigenvalue weighted by atomic mass is 35.5. The number of esters is 1. The molecule has 0 amide bonds. The molecule has 37 heavy (non-hydrogen) atoms. The van der Waals surface area contributed by atoms with Crippen LogP contribution in [0.15, 0.2) is 60.7 Å². The van der Waals surface area contributed by atoms with Gasteiger partial charge in [-0.15, -0.1) is 0 Å². The molecule has 0 aromatic heterocycles. The van der Waals surface area contributed by atoms with Crippen LogP contribution in [-0.4, -0.2) is 30.6 Å². The topological polar surface area (TPSA) is 38.8 Å². The number of halogens is 5. The molecule has 0 atom stereocenters. The standard InChI is InChI=1S/C28H26ClF4NO3/c29-27-20(3-1-4-25(27)28(31,32)33)17-34(13-11-19-5-8-23(30)9-6-19)12-2-14-36-24-10-7-21-18-37-26(35)16-22(21)15-24/h1,3-10,15H,2,11-14,16-18H2. The number of ether oxygens (including phenoxy) is 2. The van der Waals surface area contributed by atoms with Gasteiger partial charge in [-0.1, -0.05) is 41.9 Å². The minimum absolute atomic E-state index is 0.210. The van der Waals surface area contributed by atoms with Crippen molar-refractivity contribution in [2.24, 2.45) is 0 Å². The summed E-state index contributed by atoms with van der Waals surface area (Å²) in [6.45, 7) is 1.96. The third kappa shape index (κ3) is 7.46. The van der Waals surface area contributed by atoms with Crippen LogP contribution in [0.4, 0.5) is 17.6 Å². The van der Waals surface area contributed by atoms with Crippen molar-refractivity contribution in [2.45, 2.75) is 38.6 Å². The Morgan fingerprint density at radius 2 is 1.78 bits per heavy atom. The van der Waals surface area contributed by atoms with Crippen molar-refractivity contribution in [3.05, 3.63) is 99.3 Å². The van der Waals surface area contributed by atoms with E-state index in [1.807, 2.05) is 23.1 Å². The van der Waals surface area contributed by atoms with Crippen molar-refractivity contribution in [3.63, 3.8) is 0 Å². The van der Waals surface area contributed by atoms with E-state index in [0.717, 1.165) is 22.8 Å². The average Bonchev–Trinajstić information content (AvgIpc) is 2.86. The first-order chi connectivity index (χ1) is 17.7. The van der Waals surface area contributed by atoms with Gasteiger partial charge in [-0.3, -0.25) is 9.69 Å². The second kappa shape index (κ2) is 12.0. The van der Waals surface area contributed by atoms with Crippen LogP contribution >= 0.6 is 11.6 Å². The molecule has 4 rings (SSSR count). The summed E-state index contributed by atoms with van der Waals surface area (Å²) in [6.07, 6.45) is -3.12. The summed E-state index contributed by atoms with van der Waals surface area (Å²) >= 11 is 6.14. The molecule has 1 aliphatic heterocycles. The first kappa shape index (κ1) is 26.9. The Morgan fingerprint density at radius 3 is 2.54 bits per heavy atom. The van der Waals surface area contributed by atoms with Gasteiger partial charge in [-0.2, -0.15) is 13.2 Å². The van der Waals surface area contributed by atoms with Crippen molar-refractivity contribution in [1.29, 1.82) is 0 Å². The molecule has 0 spiro atoms. The summed E-state index contributed by atoms with van der Waals surface area (Å²) in [6, 6.07) is 15.6. The summed E-state index contributed by atoms with van der Waals surface area (Å²) < 4.78 is 64.2. The molecule has 3 aromatic rings. The lowest BCUT2D eigenvalue weighted by molar-refractivity contribution is -0.145. The molecule has 0 fully saturated rings. The number of nitrogens with zero attached hydrogens (tertiary/aromatic N) is 1. The molecule has 0 N–H and O–H groups in total. The lowest BCUT2D eigenvalue weighted by Crippen LogP contribution is -2.28. The van der Waals surface area contributed by atoms with Gasteiger partial charge in [0.25, 0.3) is 0 Å². The highest BCUT2D eigenvalue weighted by Crippen LogP contribution is 2.36. The number of carbonyl (C=O) groups is 1. The summed E-state index contributed by atoms with van der Waals surface area (Å²) in [5.41, 5.74) is 2.29. The molecule has 9 heteroatoms. The molecule has 196 valence electrons. The zero-order chi connectivity index (χ0) is 26.4. The molecule has 0 unspecified atom stereocenters. The molecular formula is C28H26ClF4NO3. The van der Waals surface area contributed by atoms with E-state index in [1.54, 1.807) is 18.2 Å². The summed E-state index contributed by atoms with van der Waals surface area (Å²) in [5.74, 6) is 0.0505. The van der Waals surface area contributed by atoms with Gasteiger partial charge in [-0.05, 0) is 65.4 Å². The van der Waals surface area contributed by atoms with E-state index in [-0.39, 0.29) is 36.4 Å². The monoisotopic (exact) mass is 535 g/mol. The first-order valence-electron chi connectivity index (χ1n) is 11.9. The molecular weight excluding hydrogens is 510 g/mol. The highest BCUT2D eigenvalue weighted by molar-refractivity contribution is 6.32. The van der Waals surface area contributed by atoms with Crippen molar-refractivity contribution in [2.75, 3.05) is 19.7 Å². The van der Waals surface area contributed by atoms with Crippen molar-refractivity contribution >= 4 is 17.6 Å². The third-order valence-corrected chi connectivity index (χ3v) is 6.64. The third-order valence-electron chi connectivity index (χ3n) is 6.20. The van der Waals surface area contributed by atoms with E-state index in [1.165, 1.54) is 18.2 Å². The summed E-state index contributed by atoms with van der Waals surface area (Å²) in [4.78, 5) is 13.6. The number of carbonyl (C=O) groups excluding carboxylic acids is 1. The minimum atomic E-state index is -4.54. The zero-order valence-corrected chi connectivity index (χ0v) is 20.7. The van der Waals surface area contributed by atoms with Gasteiger partial charge in [0.2, 0.25) is 0 Å². The van der Waals surface area contributed by atoms with Crippen LogP contribution in [0.1, 0.15) is 34.2 Å². The van der Waals surface area contributed by atoms with Crippen molar-refractivity contribution in [3.8, 4) is 5.75 Å². The number of fused-ring (bicyclic) bond motifs is 1. The molecule has 0 aliphatic carbocycles. The van der Waals surface area contributed by atoms with E-state index in [2.05, 4.69) is 0 Å². The predicted octanol–water partition coefficient (Wildman–Crippen LogP) is 6.61. The van der Waals surface area contributed by atoms with E-state index in [4.69, 9.17) is 21.1 Å². The second-order valence-corrected chi connectivity index (χ2v) is 9.28. The normalized spacial score (nSPS) is 13.4. The quantitative estimate of drug-likeness (QED) is 0.166. The zero-order valence-electron chi connectivity index (χ0n) is 20.0. The lowest BCUT2D eigenvalue weighted by atomic mass is 10.0. The molecule has 1 heterocycles. The van der Waals surface area contributed by atoms with Gasteiger partial charge < -0.3 is 9.47 Å². The summed E-state index contributed by atoms with van der Waals surface area (Å²) in [5, 5.41) is -0.300. The smallest absolute Gasteiger partial charge is 0.417 e. The number of rotatable bonds is 10. The second-order valence-electron chi connectivity index (χ2n) is 8.90. The first-order valence-corrected chi connectivity index (χ1v) is 12.3. The van der Waals surface area contributed by atoms with Gasteiger partial charge in [0.1, 0.15) is 18.2 Å². The Balaban J connectivity index is 1.39. The van der Waals surface area contributed by atoms with Crippen LogP contribution in [-0.2, 0) is 41.7 Å². The lowest BCUT2D eigenvalue weighted by Gasteiger charge is -2.24. The van der Waals surface area contributed by atoms with Crippen LogP contribution in [0, 0.1) is 5.82 Å². The predicted molar refractivity (Wildman–Crippen MR) is 132 cm³/mol. The fourth-order valence-electron chi connectivity index (χ4n) is 4.21. The average molecular weight is 536 g/mol. The largest absolute Gasteiger partial charge is 0.494 e. The Bertz CT molecular complexity index is 1230. The van der Waals surface area contributed by atoms with Crippen LogP contribution < -0.4 is 4.74 Å². The van der Waals surface area contributed by atoms with E-state index in [9.17, 15) is 22.4 Å². The molecule has 0 bridgehead atoms. The number of alkyl halides is 3. The number of hydrogen-bond acceptors (Lipinski definition) is 4. The Labute approximate surface area is 217 Å². The van der Waals surface area contributed by atoms with Gasteiger partial charge in [0.15, 0.2) is 0 Å². The number of benzene rings is 3. The Hall–Kier alpha value is -3.10. The molecule has 0 radical (unpaired) electrons. The Morgan fingerprint density at radius 1 is 1.00 bits per heavy atom. The maximum atomic E-state index is 13.3. The van der Waals surface area contributed by atoms with E-state index >= 15 is 0 Å². The van der Waals surface area contributed by atoms with E-state index < -0.39 is 11.7 Å². The van der Waals surface area contributed by atoms with Gasteiger partial charge in [-0.25, -0.2) is 4.39 Å². The number of hydrogen-bond donors (Lipinski definition) is 0. The highest BCUT2D eigenvalue weighted by Gasteiger charge is 2.34. The maximum absolute atomic E-state index is 13.3. The van der Waals surface area contributed by atoms with Crippen molar-refractivity contribution < 1.29 is 31.8 Å². The van der Waals surface area contributed by atoms with Crippen LogP contribution in [0.3, 0.4) is 0 Å². The Kier molecular flexibility index (Phi) is 8.71. The minimum Gasteiger partial charge on any atom is -0.494 e. The van der Waals surface area contributed by atoms with Gasteiger partial charge in [0, 0.05) is 19.6 Å². The van der Waals surface area contributed by atoms with Crippen LogP contribution in [0.5, 0.6) is 5.75 Å². The van der Waals surface area contributed by atoms with Crippen molar-refractivity contribution in [1.82, 2.24) is 4.90 Å². The SMILES string of the molecule is O=C1Cc2cc(OCCCN(CCc3ccc(F)cc3)Cc3cccc(C(F)(F)F)c3Cl)ccc2CO1. The fraction of sp³-hybridized carbons (Fsp3) is 0.321. The molecule has 0 saturated carbocycles. The van der Waals surface area contributed by atoms with E-state index in [0.29, 0.717) is 43.9 Å². The number of cyclic esters (lactones) is 1. The van der Waals surface area contributed by atoms with Crippen LogP contribution in [0.2, 0.25) is 5.02 Å². The van der Waals surface area contributed by atoms with Gasteiger partial charge in [0.05, 0.1) is 23.6 Å². The molecule has 4 nitrogen and oxygen atoms in total. The fourth-order valence-corrected chi connectivity index (χ4v) is 4.50.